The molecule has 68 valence electrons. The average Bonchev–Trinajstić information content (AvgIpc) is 2.54. The fourth-order valence-electron chi connectivity index (χ4n) is 3.41. The van der Waals surface area contributed by atoms with Crippen molar-refractivity contribution < 1.29 is 0 Å². The van der Waals surface area contributed by atoms with Gasteiger partial charge in [-0.2, -0.15) is 0 Å². The summed E-state index contributed by atoms with van der Waals surface area (Å²) in [7, 11) is 0. The van der Waals surface area contributed by atoms with Crippen LogP contribution in [0, 0.1) is 17.3 Å². The Morgan fingerprint density at radius 1 is 1.17 bits per heavy atom. The molecule has 0 heterocycles. The summed E-state index contributed by atoms with van der Waals surface area (Å²) in [6.07, 6.45) is 4.38. The molecule has 2 aliphatic carbocycles. The van der Waals surface area contributed by atoms with Gasteiger partial charge in [0.05, 0.1) is 0 Å². The molecule has 12 heavy (non-hydrogen) atoms. The van der Waals surface area contributed by atoms with Gasteiger partial charge in [-0.15, -0.1) is 0 Å². The maximum atomic E-state index is 2.43. The Bertz CT molecular complexity index is 232. The Morgan fingerprint density at radius 2 is 1.83 bits per heavy atom. The highest BCUT2D eigenvalue weighted by molar-refractivity contribution is 5.30. The molecule has 2 atom stereocenters. The lowest BCUT2D eigenvalue weighted by molar-refractivity contribution is 0.262. The summed E-state index contributed by atoms with van der Waals surface area (Å²) in [5.74, 6) is 1.91. The van der Waals surface area contributed by atoms with E-state index in [0.29, 0.717) is 5.41 Å². The Balaban J connectivity index is 2.40. The van der Waals surface area contributed by atoms with Crippen molar-refractivity contribution in [3.63, 3.8) is 0 Å². The Morgan fingerprint density at radius 3 is 2.42 bits per heavy atom. The molecule has 2 rings (SSSR count). The number of allylic oxidation sites excluding steroid dienone is 2. The first-order valence-electron chi connectivity index (χ1n) is 5.23. The summed E-state index contributed by atoms with van der Waals surface area (Å²) >= 11 is 0. The number of rotatable bonds is 0. The smallest absolute Gasteiger partial charge is 0.0111 e. The van der Waals surface area contributed by atoms with Gasteiger partial charge in [-0.05, 0) is 43.9 Å². The lowest BCUT2D eigenvalue weighted by Crippen LogP contribution is -2.21. The zero-order valence-electron chi connectivity index (χ0n) is 8.78. The molecular formula is C12H20. The normalized spacial score (nSPS) is 39.0. The standard InChI is InChI=1S/C12H20/c1-8-9(2)12(3,4)11-7-5-6-10(8)11/h10-11H,5-7H2,1-4H3/t10-,11-/m0/s1. The molecular weight excluding hydrogens is 144 g/mol. The van der Waals surface area contributed by atoms with Gasteiger partial charge in [-0.3, -0.25) is 0 Å². The fourth-order valence-corrected chi connectivity index (χ4v) is 3.41. The van der Waals surface area contributed by atoms with Crippen LogP contribution in [0.1, 0.15) is 47.0 Å². The maximum Gasteiger partial charge on any atom is -0.0111 e. The second-order valence-corrected chi connectivity index (χ2v) is 5.17. The van der Waals surface area contributed by atoms with Crippen molar-refractivity contribution in [3.8, 4) is 0 Å². The Labute approximate surface area is 76.1 Å². The van der Waals surface area contributed by atoms with E-state index in [1.807, 2.05) is 0 Å². The van der Waals surface area contributed by atoms with Crippen LogP contribution in [-0.2, 0) is 0 Å². The highest BCUT2D eigenvalue weighted by Gasteiger charge is 2.46. The molecule has 1 fully saturated rings. The number of fused-ring (bicyclic) bond motifs is 1. The van der Waals surface area contributed by atoms with E-state index in [-0.39, 0.29) is 0 Å². The predicted octanol–water partition coefficient (Wildman–Crippen LogP) is 3.78. The van der Waals surface area contributed by atoms with E-state index in [9.17, 15) is 0 Å². The first kappa shape index (κ1) is 8.34. The zero-order valence-corrected chi connectivity index (χ0v) is 8.78. The fraction of sp³-hybridized carbons (Fsp3) is 0.833. The molecule has 0 aromatic rings. The zero-order chi connectivity index (χ0) is 8.93. The van der Waals surface area contributed by atoms with Crippen molar-refractivity contribution in [1.29, 1.82) is 0 Å². The molecule has 1 saturated carbocycles. The quantitative estimate of drug-likeness (QED) is 0.478. The molecule has 0 aliphatic heterocycles. The van der Waals surface area contributed by atoms with Crippen molar-refractivity contribution >= 4 is 0 Å². The summed E-state index contributed by atoms with van der Waals surface area (Å²) < 4.78 is 0. The Hall–Kier alpha value is -0.260. The van der Waals surface area contributed by atoms with Crippen molar-refractivity contribution in [2.24, 2.45) is 17.3 Å². The topological polar surface area (TPSA) is 0 Å². The van der Waals surface area contributed by atoms with Crippen LogP contribution in [0.2, 0.25) is 0 Å². The third-order valence-corrected chi connectivity index (χ3v) is 4.56. The summed E-state index contributed by atoms with van der Waals surface area (Å²) in [4.78, 5) is 0. The average molecular weight is 164 g/mol. The molecule has 0 heteroatoms. The molecule has 0 N–H and O–H groups in total. The summed E-state index contributed by atoms with van der Waals surface area (Å²) in [5, 5.41) is 0. The van der Waals surface area contributed by atoms with Crippen LogP contribution in [0.15, 0.2) is 11.1 Å². The van der Waals surface area contributed by atoms with Gasteiger partial charge in [-0.25, -0.2) is 0 Å². The molecule has 2 aliphatic rings. The minimum absolute atomic E-state index is 0.505. The van der Waals surface area contributed by atoms with Crippen LogP contribution in [0.3, 0.4) is 0 Å². The van der Waals surface area contributed by atoms with Gasteiger partial charge < -0.3 is 0 Å². The summed E-state index contributed by atoms with van der Waals surface area (Å²) in [6.45, 7) is 9.56. The van der Waals surface area contributed by atoms with Gasteiger partial charge in [0.1, 0.15) is 0 Å². The lowest BCUT2D eigenvalue weighted by Gasteiger charge is -2.28. The molecule has 0 saturated heterocycles. The van der Waals surface area contributed by atoms with E-state index >= 15 is 0 Å². The first-order chi connectivity index (χ1) is 5.55. The highest BCUT2D eigenvalue weighted by atomic mass is 14.5. The largest absolute Gasteiger partial charge is 0.0704 e. The van der Waals surface area contributed by atoms with Gasteiger partial charge in [-0.1, -0.05) is 31.4 Å². The van der Waals surface area contributed by atoms with E-state index in [0.717, 1.165) is 11.8 Å². The van der Waals surface area contributed by atoms with E-state index < -0.39 is 0 Å². The summed E-state index contributed by atoms with van der Waals surface area (Å²) in [6, 6.07) is 0. The van der Waals surface area contributed by atoms with Gasteiger partial charge in [0.15, 0.2) is 0 Å². The molecule has 0 spiro atoms. The second-order valence-electron chi connectivity index (χ2n) is 5.17. The van der Waals surface area contributed by atoms with Gasteiger partial charge in [0.2, 0.25) is 0 Å². The molecule has 0 aromatic carbocycles. The summed E-state index contributed by atoms with van der Waals surface area (Å²) in [5.41, 5.74) is 3.89. The van der Waals surface area contributed by atoms with Crippen molar-refractivity contribution in [2.75, 3.05) is 0 Å². The number of hydrogen-bond acceptors (Lipinski definition) is 0. The molecule has 0 amide bonds. The molecule has 0 unspecified atom stereocenters. The van der Waals surface area contributed by atoms with Gasteiger partial charge >= 0.3 is 0 Å². The minimum Gasteiger partial charge on any atom is -0.0704 e. The second kappa shape index (κ2) is 2.37. The third kappa shape index (κ3) is 0.841. The van der Waals surface area contributed by atoms with Crippen LogP contribution in [-0.4, -0.2) is 0 Å². The SMILES string of the molecule is CC1=C(C)C(C)(C)[C@H]2CCC[C@@H]12. The predicted molar refractivity (Wildman–Crippen MR) is 53.0 cm³/mol. The molecule has 0 aromatic heterocycles. The molecule has 0 bridgehead atoms. The van der Waals surface area contributed by atoms with E-state index in [1.54, 1.807) is 11.1 Å². The maximum absolute atomic E-state index is 2.43. The van der Waals surface area contributed by atoms with Crippen LogP contribution in [0.25, 0.3) is 0 Å². The monoisotopic (exact) mass is 164 g/mol. The molecule has 0 radical (unpaired) electrons. The highest BCUT2D eigenvalue weighted by Crippen LogP contribution is 2.56. The van der Waals surface area contributed by atoms with Crippen LogP contribution < -0.4 is 0 Å². The third-order valence-electron chi connectivity index (χ3n) is 4.56. The minimum atomic E-state index is 0.505. The number of hydrogen-bond donors (Lipinski definition) is 0. The first-order valence-corrected chi connectivity index (χ1v) is 5.23. The van der Waals surface area contributed by atoms with E-state index in [1.165, 1.54) is 19.3 Å². The van der Waals surface area contributed by atoms with Crippen LogP contribution >= 0.6 is 0 Å². The van der Waals surface area contributed by atoms with E-state index in [4.69, 9.17) is 0 Å². The van der Waals surface area contributed by atoms with Gasteiger partial charge in [0.25, 0.3) is 0 Å². The lowest BCUT2D eigenvalue weighted by atomic mass is 9.76. The van der Waals surface area contributed by atoms with Gasteiger partial charge in [0, 0.05) is 0 Å². The van der Waals surface area contributed by atoms with Crippen LogP contribution in [0.5, 0.6) is 0 Å². The Kier molecular flexibility index (Phi) is 1.65. The van der Waals surface area contributed by atoms with Crippen LogP contribution in [0.4, 0.5) is 0 Å². The van der Waals surface area contributed by atoms with Crippen molar-refractivity contribution in [2.45, 2.75) is 47.0 Å². The molecule has 0 nitrogen and oxygen atoms in total. The van der Waals surface area contributed by atoms with Crippen molar-refractivity contribution in [3.05, 3.63) is 11.1 Å². The van der Waals surface area contributed by atoms with Crippen molar-refractivity contribution in [1.82, 2.24) is 0 Å². The van der Waals surface area contributed by atoms with E-state index in [2.05, 4.69) is 27.7 Å².